The fourth-order valence-corrected chi connectivity index (χ4v) is 6.14. The first-order chi connectivity index (χ1) is 17.9. The minimum atomic E-state index is -3.37. The Morgan fingerprint density at radius 1 is 0.974 bits per heavy atom. The maximum atomic E-state index is 13.5. The van der Waals surface area contributed by atoms with Gasteiger partial charge in [-0.25, -0.2) is 13.2 Å². The molecule has 0 aromatic heterocycles. The number of aliphatic hydroxyl groups excluding tert-OH is 1. The van der Waals surface area contributed by atoms with Gasteiger partial charge in [0, 0.05) is 6.08 Å². The first-order valence-electron chi connectivity index (χ1n) is 12.9. The van der Waals surface area contributed by atoms with Crippen LogP contribution in [0.5, 0.6) is 0 Å². The van der Waals surface area contributed by atoms with Crippen molar-refractivity contribution in [1.29, 1.82) is 0 Å². The molecule has 0 bridgehead atoms. The lowest BCUT2D eigenvalue weighted by Gasteiger charge is -2.31. The molecule has 2 aromatic carbocycles. The number of aliphatic hydroxyl groups is 1. The maximum Gasteiger partial charge on any atom is 0.330 e. The highest BCUT2D eigenvalue weighted by Gasteiger charge is 2.37. The van der Waals surface area contributed by atoms with Gasteiger partial charge >= 0.3 is 11.9 Å². The molecule has 0 aliphatic rings. The number of hydrogen-bond acceptors (Lipinski definition) is 7. The highest BCUT2D eigenvalue weighted by atomic mass is 32.2. The van der Waals surface area contributed by atoms with Crippen LogP contribution in [0.25, 0.3) is 6.08 Å². The van der Waals surface area contributed by atoms with Crippen LogP contribution in [0.2, 0.25) is 0 Å². The van der Waals surface area contributed by atoms with Gasteiger partial charge in [-0.2, -0.15) is 0 Å². The van der Waals surface area contributed by atoms with Crippen molar-refractivity contribution in [3.63, 3.8) is 0 Å². The predicted octanol–water partition coefficient (Wildman–Crippen LogP) is 4.87. The minimum absolute atomic E-state index is 0.0378. The van der Waals surface area contributed by atoms with E-state index in [0.717, 1.165) is 16.7 Å². The molecule has 0 fully saturated rings. The van der Waals surface area contributed by atoms with Gasteiger partial charge in [-0.3, -0.25) is 4.79 Å². The average molecular weight is 545 g/mol. The Morgan fingerprint density at radius 3 is 2.34 bits per heavy atom. The van der Waals surface area contributed by atoms with Crippen LogP contribution in [0.15, 0.2) is 60.7 Å². The largest absolute Gasteiger partial charge is 0.463 e. The number of carbonyl (C=O) groups excluding carboxylic acids is 2. The molecule has 0 saturated heterocycles. The number of sulfone groups is 1. The number of ether oxygens (including phenoxy) is 2. The molecule has 0 heterocycles. The standard InChI is InChI=1S/C30H40O7S/c1-5-36-27(32)16-15-24-13-9-14-26(21-24)30(4,28(33)37-22-25-11-7-6-8-12-25)18-10-17-29(2,3)23-38(34,35)20-19-31/h6-9,11-16,21,31H,5,10,17-20,22-23H2,1-4H3/b16-15+/t30-/m1/s1. The van der Waals surface area contributed by atoms with Crippen LogP contribution in [-0.2, 0) is 40.9 Å². The number of benzene rings is 2. The topological polar surface area (TPSA) is 107 Å². The summed E-state index contributed by atoms with van der Waals surface area (Å²) in [6, 6.07) is 16.8. The van der Waals surface area contributed by atoms with Gasteiger partial charge in [0.25, 0.3) is 0 Å². The van der Waals surface area contributed by atoms with E-state index in [1.807, 2.05) is 75.4 Å². The molecule has 0 amide bonds. The Labute approximate surface area is 226 Å². The molecule has 2 aromatic rings. The Morgan fingerprint density at radius 2 is 1.68 bits per heavy atom. The van der Waals surface area contributed by atoms with Crippen LogP contribution in [0.1, 0.15) is 63.6 Å². The Bertz CT molecular complexity index is 1190. The monoisotopic (exact) mass is 544 g/mol. The van der Waals surface area contributed by atoms with Gasteiger partial charge in [-0.15, -0.1) is 0 Å². The van der Waals surface area contributed by atoms with Crippen LogP contribution in [-0.4, -0.2) is 50.2 Å². The third-order valence-corrected chi connectivity index (χ3v) is 8.45. The summed E-state index contributed by atoms with van der Waals surface area (Å²) in [4.78, 5) is 25.3. The normalized spacial score (nSPS) is 13.7. The van der Waals surface area contributed by atoms with Gasteiger partial charge in [0.05, 0.1) is 30.1 Å². The van der Waals surface area contributed by atoms with Crippen molar-refractivity contribution < 1.29 is 32.6 Å². The summed E-state index contributed by atoms with van der Waals surface area (Å²) in [6.07, 6.45) is 4.59. The molecule has 0 aliphatic heterocycles. The van der Waals surface area contributed by atoms with Crippen LogP contribution >= 0.6 is 0 Å². The fraction of sp³-hybridized carbons (Fsp3) is 0.467. The van der Waals surface area contributed by atoms with Crippen molar-refractivity contribution >= 4 is 27.9 Å². The summed E-state index contributed by atoms with van der Waals surface area (Å²) in [7, 11) is -3.37. The number of esters is 2. The number of hydrogen-bond donors (Lipinski definition) is 1. The Hall–Kier alpha value is -2.97. The van der Waals surface area contributed by atoms with Crippen molar-refractivity contribution in [2.24, 2.45) is 5.41 Å². The van der Waals surface area contributed by atoms with E-state index >= 15 is 0 Å². The third kappa shape index (κ3) is 10.1. The SMILES string of the molecule is CCOC(=O)/C=C/c1cccc([C@@](C)(CCCC(C)(C)CS(=O)(=O)CCO)C(=O)OCc2ccccc2)c1. The van der Waals surface area contributed by atoms with E-state index in [1.54, 1.807) is 13.0 Å². The molecule has 0 radical (unpaired) electrons. The molecule has 8 heteroatoms. The summed E-state index contributed by atoms with van der Waals surface area (Å²) < 4.78 is 35.3. The van der Waals surface area contributed by atoms with Crippen LogP contribution in [0.3, 0.4) is 0 Å². The van der Waals surface area contributed by atoms with Crippen molar-refractivity contribution in [2.45, 2.75) is 59.0 Å². The van der Waals surface area contributed by atoms with Gasteiger partial charge in [0.2, 0.25) is 0 Å². The van der Waals surface area contributed by atoms with Gasteiger partial charge in [-0.1, -0.05) is 74.9 Å². The van der Waals surface area contributed by atoms with Crippen LogP contribution in [0, 0.1) is 5.41 Å². The average Bonchev–Trinajstić information content (AvgIpc) is 2.86. The van der Waals surface area contributed by atoms with Gasteiger partial charge in [0.1, 0.15) is 6.61 Å². The van der Waals surface area contributed by atoms with Crippen molar-refractivity contribution in [2.75, 3.05) is 24.7 Å². The molecule has 0 unspecified atom stereocenters. The van der Waals surface area contributed by atoms with E-state index < -0.39 is 33.2 Å². The summed E-state index contributed by atoms with van der Waals surface area (Å²) in [5.74, 6) is -1.12. The zero-order valence-corrected chi connectivity index (χ0v) is 23.6. The van der Waals surface area contributed by atoms with Gasteiger partial charge < -0.3 is 14.6 Å². The van der Waals surface area contributed by atoms with Crippen molar-refractivity contribution in [3.05, 3.63) is 77.4 Å². The van der Waals surface area contributed by atoms with Gasteiger partial charge in [-0.05, 0) is 54.9 Å². The first kappa shape index (κ1) is 31.2. The number of rotatable bonds is 15. The molecule has 0 aliphatic carbocycles. The van der Waals surface area contributed by atoms with E-state index in [9.17, 15) is 18.0 Å². The minimum Gasteiger partial charge on any atom is -0.463 e. The Balaban J connectivity index is 2.26. The molecule has 2 rings (SSSR count). The molecular weight excluding hydrogens is 504 g/mol. The zero-order chi connectivity index (χ0) is 28.2. The lowest BCUT2D eigenvalue weighted by molar-refractivity contribution is -0.152. The summed E-state index contributed by atoms with van der Waals surface area (Å²) in [5, 5.41) is 9.06. The summed E-state index contributed by atoms with van der Waals surface area (Å²) in [5.41, 5.74) is 0.847. The van der Waals surface area contributed by atoms with E-state index in [-0.39, 0.29) is 30.7 Å². The zero-order valence-electron chi connectivity index (χ0n) is 22.8. The molecule has 1 N–H and O–H groups in total. The second kappa shape index (κ2) is 14.3. The highest BCUT2D eigenvalue weighted by Crippen LogP contribution is 2.35. The van der Waals surface area contributed by atoms with E-state index in [1.165, 1.54) is 6.08 Å². The Kier molecular flexibility index (Phi) is 11.7. The maximum absolute atomic E-state index is 13.5. The van der Waals surface area contributed by atoms with E-state index in [0.29, 0.717) is 19.3 Å². The van der Waals surface area contributed by atoms with Crippen molar-refractivity contribution in [1.82, 2.24) is 0 Å². The van der Waals surface area contributed by atoms with Crippen LogP contribution < -0.4 is 0 Å². The van der Waals surface area contributed by atoms with E-state index in [4.69, 9.17) is 14.6 Å². The second-order valence-corrected chi connectivity index (χ2v) is 12.6. The molecule has 0 saturated carbocycles. The molecule has 38 heavy (non-hydrogen) atoms. The molecule has 7 nitrogen and oxygen atoms in total. The number of carbonyl (C=O) groups is 2. The quantitative estimate of drug-likeness (QED) is 0.252. The van der Waals surface area contributed by atoms with Crippen molar-refractivity contribution in [3.8, 4) is 0 Å². The third-order valence-electron chi connectivity index (χ3n) is 6.43. The highest BCUT2D eigenvalue weighted by molar-refractivity contribution is 7.91. The lowest BCUT2D eigenvalue weighted by atomic mass is 9.76. The molecule has 208 valence electrons. The lowest BCUT2D eigenvalue weighted by Crippen LogP contribution is -2.35. The first-order valence-corrected chi connectivity index (χ1v) is 14.7. The van der Waals surface area contributed by atoms with Crippen LogP contribution in [0.4, 0.5) is 0 Å². The molecular formula is C30H40O7S. The van der Waals surface area contributed by atoms with E-state index in [2.05, 4.69) is 0 Å². The smallest absolute Gasteiger partial charge is 0.330 e. The fourth-order valence-electron chi connectivity index (χ4n) is 4.39. The summed E-state index contributed by atoms with van der Waals surface area (Å²) >= 11 is 0. The molecule has 1 atom stereocenters. The molecule has 0 spiro atoms. The van der Waals surface area contributed by atoms with Gasteiger partial charge in [0.15, 0.2) is 9.84 Å². The second-order valence-electron chi connectivity index (χ2n) is 10.4. The predicted molar refractivity (Wildman–Crippen MR) is 149 cm³/mol. The summed E-state index contributed by atoms with van der Waals surface area (Å²) in [6.45, 7) is 7.37.